The Bertz CT molecular complexity index is 769. The van der Waals surface area contributed by atoms with E-state index in [0.29, 0.717) is 5.56 Å². The number of imidazole rings is 1. The normalized spacial score (nSPS) is 10.6. The predicted octanol–water partition coefficient (Wildman–Crippen LogP) is 2.89. The van der Waals surface area contributed by atoms with Gasteiger partial charge in [0.15, 0.2) is 5.69 Å². The van der Waals surface area contributed by atoms with Crippen LogP contribution in [0.2, 0.25) is 0 Å². The number of aldehydes is 1. The fourth-order valence-corrected chi connectivity index (χ4v) is 2.39. The highest BCUT2D eigenvalue weighted by molar-refractivity contribution is 5.76. The van der Waals surface area contributed by atoms with Crippen molar-refractivity contribution < 1.29 is 9.20 Å². The number of pyridine rings is 1. The summed E-state index contributed by atoms with van der Waals surface area (Å²) in [5.41, 5.74) is 3.99. The molecule has 0 aliphatic rings. The van der Waals surface area contributed by atoms with Crippen molar-refractivity contribution in [2.75, 3.05) is 0 Å². The zero-order valence-electron chi connectivity index (χ0n) is 11.1. The molecule has 3 heteroatoms. The van der Waals surface area contributed by atoms with E-state index in [1.165, 1.54) is 0 Å². The second-order valence-electron chi connectivity index (χ2n) is 4.62. The first-order chi connectivity index (χ1) is 9.83. The van der Waals surface area contributed by atoms with E-state index in [1.54, 1.807) is 0 Å². The number of hydrogen-bond donors (Lipinski definition) is 0. The summed E-state index contributed by atoms with van der Waals surface area (Å²) in [6.45, 7) is 4.57. The fourth-order valence-electron chi connectivity index (χ4n) is 2.39. The third-order valence-electron chi connectivity index (χ3n) is 3.35. The van der Waals surface area contributed by atoms with E-state index in [-0.39, 0.29) is 0 Å². The average Bonchev–Trinajstić information content (AvgIpc) is 2.87. The molecule has 1 aromatic carbocycles. The number of hydrogen-bond acceptors (Lipinski definition) is 1. The summed E-state index contributed by atoms with van der Waals surface area (Å²) in [6.07, 6.45) is 6.86. The highest BCUT2D eigenvalue weighted by atomic mass is 16.1. The van der Waals surface area contributed by atoms with Gasteiger partial charge in [0.2, 0.25) is 0 Å². The van der Waals surface area contributed by atoms with Crippen LogP contribution in [0.15, 0.2) is 67.5 Å². The van der Waals surface area contributed by atoms with E-state index in [2.05, 4.69) is 27.8 Å². The Kier molecular flexibility index (Phi) is 3.17. The quantitative estimate of drug-likeness (QED) is 0.404. The highest BCUT2D eigenvalue weighted by Gasteiger charge is 2.17. The predicted molar refractivity (Wildman–Crippen MR) is 78.6 cm³/mol. The van der Waals surface area contributed by atoms with Gasteiger partial charge in [0.05, 0.1) is 6.20 Å². The van der Waals surface area contributed by atoms with Gasteiger partial charge in [0, 0.05) is 17.2 Å². The number of allylic oxidation sites excluding steroid dienone is 1. The molecule has 0 unspecified atom stereocenters. The molecule has 0 radical (unpaired) electrons. The van der Waals surface area contributed by atoms with Crippen molar-refractivity contribution in [2.24, 2.45) is 0 Å². The van der Waals surface area contributed by atoms with Crippen LogP contribution in [0.5, 0.6) is 0 Å². The molecule has 0 atom stereocenters. The molecule has 0 aliphatic carbocycles. The molecule has 98 valence electrons. The summed E-state index contributed by atoms with van der Waals surface area (Å²) in [7, 11) is 0. The van der Waals surface area contributed by atoms with Gasteiger partial charge in [-0.25, -0.2) is 8.97 Å². The number of carbonyl (C=O) groups is 1. The van der Waals surface area contributed by atoms with Gasteiger partial charge in [-0.1, -0.05) is 30.9 Å². The lowest BCUT2D eigenvalue weighted by atomic mass is 10.1. The second kappa shape index (κ2) is 5.13. The van der Waals surface area contributed by atoms with E-state index in [1.807, 2.05) is 48.7 Å². The Morgan fingerprint density at radius 1 is 1.15 bits per heavy atom. The van der Waals surface area contributed by atoms with Crippen molar-refractivity contribution in [3.8, 4) is 11.3 Å². The van der Waals surface area contributed by atoms with Crippen molar-refractivity contribution in [3.05, 3.63) is 73.1 Å². The zero-order valence-corrected chi connectivity index (χ0v) is 11.1. The fraction of sp³-hybridized carbons (Fsp3) is 0.0588. The van der Waals surface area contributed by atoms with Crippen LogP contribution in [0.1, 0.15) is 10.4 Å². The molecule has 3 rings (SSSR count). The van der Waals surface area contributed by atoms with Crippen LogP contribution in [0.3, 0.4) is 0 Å². The second-order valence-corrected chi connectivity index (χ2v) is 4.62. The van der Waals surface area contributed by atoms with Gasteiger partial charge in [-0.2, -0.15) is 0 Å². The lowest BCUT2D eigenvalue weighted by Crippen LogP contribution is -2.17. The molecule has 0 bridgehead atoms. The topological polar surface area (TPSA) is 26.1 Å². The Hall–Kier alpha value is -2.68. The Morgan fingerprint density at radius 3 is 2.65 bits per heavy atom. The molecule has 0 N–H and O–H groups in total. The summed E-state index contributed by atoms with van der Waals surface area (Å²) in [5.74, 6) is 0. The minimum atomic E-state index is 0.688. The molecule has 3 aromatic rings. The standard InChI is InChI=1S/C17H15N2O/c1-2-10-19-16(12-18-11-4-3-5-17(18)19)15-8-6-14(13-20)7-9-15/h2-9,11-13H,1,10H2/q+1. The first-order valence-corrected chi connectivity index (χ1v) is 6.49. The molecule has 0 amide bonds. The van der Waals surface area contributed by atoms with E-state index < -0.39 is 0 Å². The van der Waals surface area contributed by atoms with Gasteiger partial charge in [-0.3, -0.25) is 4.79 Å². The van der Waals surface area contributed by atoms with Gasteiger partial charge in [-0.05, 0) is 18.2 Å². The zero-order chi connectivity index (χ0) is 13.9. The van der Waals surface area contributed by atoms with E-state index in [4.69, 9.17) is 0 Å². The van der Waals surface area contributed by atoms with Gasteiger partial charge in [0.25, 0.3) is 5.65 Å². The Morgan fingerprint density at radius 2 is 1.95 bits per heavy atom. The van der Waals surface area contributed by atoms with Crippen LogP contribution in [0.25, 0.3) is 16.9 Å². The van der Waals surface area contributed by atoms with Crippen molar-refractivity contribution in [3.63, 3.8) is 0 Å². The molecule has 0 saturated carbocycles. The molecule has 0 aliphatic heterocycles. The first kappa shape index (κ1) is 12.4. The molecular weight excluding hydrogens is 248 g/mol. The third kappa shape index (κ3) is 2.03. The maximum atomic E-state index is 10.7. The summed E-state index contributed by atoms with van der Waals surface area (Å²) in [4.78, 5) is 10.7. The van der Waals surface area contributed by atoms with Gasteiger partial charge >= 0.3 is 0 Å². The molecule has 0 saturated heterocycles. The van der Waals surface area contributed by atoms with E-state index >= 15 is 0 Å². The number of fused-ring (bicyclic) bond motifs is 1. The summed E-state index contributed by atoms with van der Waals surface area (Å²) >= 11 is 0. The molecule has 20 heavy (non-hydrogen) atoms. The Balaban J connectivity index is 2.20. The van der Waals surface area contributed by atoms with Crippen molar-refractivity contribution >= 4 is 11.9 Å². The Labute approximate surface area is 117 Å². The monoisotopic (exact) mass is 263 g/mol. The smallest absolute Gasteiger partial charge is 0.286 e. The highest BCUT2D eigenvalue weighted by Crippen LogP contribution is 2.21. The van der Waals surface area contributed by atoms with Crippen LogP contribution in [-0.4, -0.2) is 10.9 Å². The molecule has 0 fully saturated rings. The molecule has 2 aromatic heterocycles. The number of rotatable bonds is 4. The van der Waals surface area contributed by atoms with Crippen LogP contribution in [0.4, 0.5) is 0 Å². The number of aromatic nitrogens is 2. The van der Waals surface area contributed by atoms with Crippen LogP contribution >= 0.6 is 0 Å². The first-order valence-electron chi connectivity index (χ1n) is 6.49. The summed E-state index contributed by atoms with van der Waals surface area (Å²) in [6, 6.07) is 13.7. The minimum Gasteiger partial charge on any atom is -0.298 e. The SMILES string of the molecule is C=CCn1c(-c2ccc(C=O)cc2)c[n+]2ccccc12. The molecule has 0 spiro atoms. The van der Waals surface area contributed by atoms with Crippen molar-refractivity contribution in [2.45, 2.75) is 6.54 Å². The van der Waals surface area contributed by atoms with E-state index in [0.717, 1.165) is 29.7 Å². The van der Waals surface area contributed by atoms with Crippen molar-refractivity contribution in [1.82, 2.24) is 4.57 Å². The lowest BCUT2D eigenvalue weighted by Gasteiger charge is -2.00. The van der Waals surface area contributed by atoms with Crippen LogP contribution < -0.4 is 4.40 Å². The van der Waals surface area contributed by atoms with E-state index in [9.17, 15) is 4.79 Å². The van der Waals surface area contributed by atoms with Gasteiger partial charge < -0.3 is 0 Å². The average molecular weight is 263 g/mol. The van der Waals surface area contributed by atoms with Crippen LogP contribution in [0, 0.1) is 0 Å². The number of nitrogens with zero attached hydrogens (tertiary/aromatic N) is 2. The number of carbonyl (C=O) groups excluding carboxylic acids is 1. The van der Waals surface area contributed by atoms with Gasteiger partial charge in [0.1, 0.15) is 19.0 Å². The minimum absolute atomic E-state index is 0.688. The lowest BCUT2D eigenvalue weighted by molar-refractivity contribution is -0.510. The maximum Gasteiger partial charge on any atom is 0.286 e. The van der Waals surface area contributed by atoms with Gasteiger partial charge in [-0.15, -0.1) is 0 Å². The van der Waals surface area contributed by atoms with Crippen molar-refractivity contribution in [1.29, 1.82) is 0 Å². The van der Waals surface area contributed by atoms with Crippen LogP contribution in [-0.2, 0) is 6.54 Å². The summed E-state index contributed by atoms with van der Waals surface area (Å²) < 4.78 is 4.29. The largest absolute Gasteiger partial charge is 0.298 e. The molecule has 2 heterocycles. The maximum absolute atomic E-state index is 10.7. The molecular formula is C17H15N2O+. The summed E-state index contributed by atoms with van der Waals surface area (Å²) in [5, 5.41) is 0. The third-order valence-corrected chi connectivity index (χ3v) is 3.35. The number of benzene rings is 1. The molecule has 3 nitrogen and oxygen atoms in total.